The Hall–Kier alpha value is -1.04. The van der Waals surface area contributed by atoms with Crippen LogP contribution in [0.5, 0.6) is 11.5 Å². The van der Waals surface area contributed by atoms with Crippen LogP contribution in [0.25, 0.3) is 0 Å². The molecule has 0 saturated carbocycles. The fourth-order valence-electron chi connectivity index (χ4n) is 2.54. The van der Waals surface area contributed by atoms with Crippen molar-refractivity contribution in [3.05, 3.63) is 23.8 Å². The first kappa shape index (κ1) is 18.3. The summed E-state index contributed by atoms with van der Waals surface area (Å²) in [5, 5.41) is 0. The zero-order chi connectivity index (χ0) is 17.0. The molecule has 1 fully saturated rings. The lowest BCUT2D eigenvalue weighted by Gasteiger charge is -2.19. The van der Waals surface area contributed by atoms with E-state index in [4.69, 9.17) is 49.0 Å². The summed E-state index contributed by atoms with van der Waals surface area (Å²) in [4.78, 5) is 13.6. The average Bonchev–Trinajstić information content (AvgIpc) is 3.01. The Bertz CT molecular complexity index is 562. The molecule has 0 aromatic heterocycles. The third-order valence-electron chi connectivity index (χ3n) is 3.68. The number of benzene rings is 1. The van der Waals surface area contributed by atoms with Crippen LogP contribution < -0.4 is 9.47 Å². The molecule has 1 aliphatic heterocycles. The highest BCUT2D eigenvalue weighted by Gasteiger charge is 2.30. The summed E-state index contributed by atoms with van der Waals surface area (Å²) >= 11 is 16.7. The molecule has 5 nitrogen and oxygen atoms in total. The molecule has 8 heteroatoms. The summed E-state index contributed by atoms with van der Waals surface area (Å²) < 4.78 is 13.9. The Morgan fingerprint density at radius 1 is 1.26 bits per heavy atom. The molecule has 0 bridgehead atoms. The Morgan fingerprint density at radius 3 is 2.57 bits per heavy atom. The van der Waals surface area contributed by atoms with Crippen molar-refractivity contribution in [2.24, 2.45) is 0 Å². The van der Waals surface area contributed by atoms with Gasteiger partial charge in [-0.05, 0) is 24.1 Å². The van der Waals surface area contributed by atoms with Crippen LogP contribution >= 0.6 is 34.8 Å². The summed E-state index contributed by atoms with van der Waals surface area (Å²) in [6.07, 6.45) is 0.359. The molecule has 1 aromatic carbocycles. The molecule has 1 amide bonds. The number of hydrogen-bond donors (Lipinski definition) is 0. The van der Waals surface area contributed by atoms with Crippen molar-refractivity contribution in [2.45, 2.75) is 16.1 Å². The highest BCUT2D eigenvalue weighted by atomic mass is 35.6. The maximum Gasteiger partial charge on any atom is 0.409 e. The number of hydrogen-bond acceptors (Lipinski definition) is 4. The van der Waals surface area contributed by atoms with Crippen LogP contribution in [0.3, 0.4) is 0 Å². The SMILES string of the molecule is COc1ccc([C@@H]2CCN(C(=O)OCC(Cl)(Cl)Cl)C2)cc1OC. The van der Waals surface area contributed by atoms with Gasteiger partial charge in [0, 0.05) is 19.0 Å². The molecule has 0 N–H and O–H groups in total. The van der Waals surface area contributed by atoms with E-state index in [1.807, 2.05) is 18.2 Å². The molecule has 128 valence electrons. The fraction of sp³-hybridized carbons (Fsp3) is 0.533. The van der Waals surface area contributed by atoms with Gasteiger partial charge in [0.1, 0.15) is 6.61 Å². The lowest BCUT2D eigenvalue weighted by Crippen LogP contribution is -2.31. The minimum atomic E-state index is -1.60. The Labute approximate surface area is 150 Å². The number of nitrogens with zero attached hydrogens (tertiary/aromatic N) is 1. The van der Waals surface area contributed by atoms with Crippen molar-refractivity contribution < 1.29 is 19.0 Å². The van der Waals surface area contributed by atoms with Crippen LogP contribution in [0.2, 0.25) is 0 Å². The number of alkyl halides is 3. The monoisotopic (exact) mass is 381 g/mol. The van der Waals surface area contributed by atoms with Crippen molar-refractivity contribution in [3.63, 3.8) is 0 Å². The van der Waals surface area contributed by atoms with Crippen molar-refractivity contribution in [1.82, 2.24) is 4.90 Å². The van der Waals surface area contributed by atoms with E-state index < -0.39 is 9.89 Å². The van der Waals surface area contributed by atoms with Crippen molar-refractivity contribution >= 4 is 40.9 Å². The largest absolute Gasteiger partial charge is 0.493 e. The Kier molecular flexibility index (Phi) is 6.12. The van der Waals surface area contributed by atoms with Crippen LogP contribution in [-0.4, -0.2) is 48.7 Å². The van der Waals surface area contributed by atoms with Gasteiger partial charge in [0.2, 0.25) is 3.79 Å². The first-order chi connectivity index (χ1) is 10.8. The fourth-order valence-corrected chi connectivity index (χ4v) is 2.70. The molecule has 1 aromatic rings. The number of carbonyl (C=O) groups excluding carboxylic acids is 1. The third kappa shape index (κ3) is 4.96. The normalized spacial score (nSPS) is 18.0. The van der Waals surface area contributed by atoms with E-state index >= 15 is 0 Å². The molecule has 23 heavy (non-hydrogen) atoms. The van der Waals surface area contributed by atoms with Gasteiger partial charge in [-0.15, -0.1) is 0 Å². The molecule has 0 aliphatic carbocycles. The zero-order valence-corrected chi connectivity index (χ0v) is 15.1. The maximum absolute atomic E-state index is 12.0. The number of methoxy groups -OCH3 is 2. The van der Waals surface area contributed by atoms with Gasteiger partial charge in [-0.2, -0.15) is 0 Å². The highest BCUT2D eigenvalue weighted by molar-refractivity contribution is 6.67. The molecular weight excluding hydrogens is 365 g/mol. The standard InChI is InChI=1S/C15H18Cl3NO4/c1-21-12-4-3-10(7-13(12)22-2)11-5-6-19(8-11)14(20)23-9-15(16,17)18/h3-4,7,11H,5-6,8-9H2,1-2H3/t11-/m1/s1. The number of carbonyl (C=O) groups is 1. The second-order valence-corrected chi connectivity index (χ2v) is 7.73. The van der Waals surface area contributed by atoms with Crippen LogP contribution in [-0.2, 0) is 4.74 Å². The van der Waals surface area contributed by atoms with E-state index in [2.05, 4.69) is 0 Å². The van der Waals surface area contributed by atoms with Gasteiger partial charge in [0.05, 0.1) is 14.2 Å². The number of amides is 1. The van der Waals surface area contributed by atoms with Gasteiger partial charge in [-0.1, -0.05) is 40.9 Å². The summed E-state index contributed by atoms with van der Waals surface area (Å²) in [5.74, 6) is 1.55. The van der Waals surface area contributed by atoms with E-state index in [0.29, 0.717) is 24.6 Å². The van der Waals surface area contributed by atoms with E-state index in [-0.39, 0.29) is 12.5 Å². The van der Waals surface area contributed by atoms with Gasteiger partial charge >= 0.3 is 6.09 Å². The van der Waals surface area contributed by atoms with Gasteiger partial charge in [-0.25, -0.2) is 4.79 Å². The second-order valence-electron chi connectivity index (χ2n) is 5.22. The molecule has 1 heterocycles. The first-order valence-corrected chi connectivity index (χ1v) is 8.18. The Balaban J connectivity index is 1.98. The minimum Gasteiger partial charge on any atom is -0.493 e. The number of ether oxygens (including phenoxy) is 3. The summed E-state index contributed by atoms with van der Waals surface area (Å²) in [5.41, 5.74) is 1.08. The molecule has 0 radical (unpaired) electrons. The van der Waals surface area contributed by atoms with Gasteiger partial charge in [0.15, 0.2) is 11.5 Å². The molecule has 0 spiro atoms. The van der Waals surface area contributed by atoms with Crippen molar-refractivity contribution in [2.75, 3.05) is 33.9 Å². The smallest absolute Gasteiger partial charge is 0.409 e. The van der Waals surface area contributed by atoms with Crippen LogP contribution in [0, 0.1) is 0 Å². The molecule has 1 saturated heterocycles. The van der Waals surface area contributed by atoms with Crippen LogP contribution in [0.1, 0.15) is 17.9 Å². The van der Waals surface area contributed by atoms with E-state index in [1.54, 1.807) is 19.1 Å². The topological polar surface area (TPSA) is 48.0 Å². The highest BCUT2D eigenvalue weighted by Crippen LogP contribution is 2.34. The van der Waals surface area contributed by atoms with E-state index in [9.17, 15) is 4.79 Å². The predicted molar refractivity (Wildman–Crippen MR) is 90.1 cm³/mol. The van der Waals surface area contributed by atoms with E-state index in [1.165, 1.54) is 0 Å². The lowest BCUT2D eigenvalue weighted by molar-refractivity contribution is 0.112. The zero-order valence-electron chi connectivity index (χ0n) is 12.9. The quantitative estimate of drug-likeness (QED) is 0.739. The summed E-state index contributed by atoms with van der Waals surface area (Å²) in [7, 11) is 3.19. The number of rotatable bonds is 4. The summed E-state index contributed by atoms with van der Waals surface area (Å²) in [6.45, 7) is 0.875. The van der Waals surface area contributed by atoms with Gasteiger partial charge in [-0.3, -0.25) is 0 Å². The van der Waals surface area contributed by atoms with Crippen LogP contribution in [0.15, 0.2) is 18.2 Å². The summed E-state index contributed by atoms with van der Waals surface area (Å²) in [6, 6.07) is 5.76. The van der Waals surface area contributed by atoms with Crippen molar-refractivity contribution in [3.8, 4) is 11.5 Å². The molecule has 2 rings (SSSR count). The molecule has 1 aliphatic rings. The second kappa shape index (κ2) is 7.69. The van der Waals surface area contributed by atoms with Crippen LogP contribution in [0.4, 0.5) is 4.79 Å². The predicted octanol–water partition coefficient (Wildman–Crippen LogP) is 4.00. The van der Waals surface area contributed by atoms with Crippen molar-refractivity contribution in [1.29, 1.82) is 0 Å². The first-order valence-electron chi connectivity index (χ1n) is 7.04. The van der Waals surface area contributed by atoms with E-state index in [0.717, 1.165) is 12.0 Å². The Morgan fingerprint density at radius 2 is 1.96 bits per heavy atom. The molecule has 0 unspecified atom stereocenters. The number of halogens is 3. The molecule has 1 atom stereocenters. The average molecular weight is 383 g/mol. The lowest BCUT2D eigenvalue weighted by atomic mass is 9.98. The number of likely N-dealkylation sites (tertiary alicyclic amines) is 1. The van der Waals surface area contributed by atoms with Gasteiger partial charge < -0.3 is 19.1 Å². The third-order valence-corrected chi connectivity index (χ3v) is 4.01. The van der Waals surface area contributed by atoms with Gasteiger partial charge in [0.25, 0.3) is 0 Å². The molecular formula is C15H18Cl3NO4. The maximum atomic E-state index is 12.0. The minimum absolute atomic E-state index is 0.204.